The second-order valence-electron chi connectivity index (χ2n) is 8.55. The number of ketones is 1. The molecule has 0 spiro atoms. The predicted octanol–water partition coefficient (Wildman–Crippen LogP) is 3.88. The molecule has 3 saturated carbocycles. The Balaban J connectivity index is 1.69. The molecular formula is C19H28O2. The minimum absolute atomic E-state index is 0.00702. The van der Waals surface area contributed by atoms with Crippen molar-refractivity contribution in [2.75, 3.05) is 0 Å². The maximum absolute atomic E-state index is 12.4. The first-order valence-electron chi connectivity index (χ1n) is 8.88. The number of hydrogen-bond donors (Lipinski definition) is 1. The molecule has 0 aromatic carbocycles. The zero-order chi connectivity index (χ0) is 14.8. The molecule has 21 heavy (non-hydrogen) atoms. The number of hydrogen-bond acceptors (Lipinski definition) is 2. The largest absolute Gasteiger partial charge is 0.389 e. The Hall–Kier alpha value is -0.630. The molecular weight excluding hydrogens is 260 g/mol. The van der Waals surface area contributed by atoms with Crippen molar-refractivity contribution in [2.24, 2.45) is 28.6 Å². The van der Waals surface area contributed by atoms with Gasteiger partial charge >= 0.3 is 0 Å². The first-order valence-corrected chi connectivity index (χ1v) is 8.88. The van der Waals surface area contributed by atoms with Crippen LogP contribution in [0.4, 0.5) is 0 Å². The highest BCUT2D eigenvalue weighted by Gasteiger charge is 2.58. The van der Waals surface area contributed by atoms with Crippen LogP contribution in [0.15, 0.2) is 11.6 Å². The third-order valence-corrected chi connectivity index (χ3v) is 7.80. The van der Waals surface area contributed by atoms with Gasteiger partial charge in [-0.15, -0.1) is 0 Å². The molecule has 4 rings (SSSR count). The summed E-state index contributed by atoms with van der Waals surface area (Å²) in [6.45, 7) is 4.70. The van der Waals surface area contributed by atoms with E-state index in [9.17, 15) is 9.90 Å². The van der Waals surface area contributed by atoms with Gasteiger partial charge in [-0.05, 0) is 68.1 Å². The summed E-state index contributed by atoms with van der Waals surface area (Å²) >= 11 is 0. The van der Waals surface area contributed by atoms with E-state index in [1.165, 1.54) is 18.4 Å². The molecule has 4 aliphatic rings. The topological polar surface area (TPSA) is 37.3 Å². The van der Waals surface area contributed by atoms with Crippen molar-refractivity contribution in [1.82, 2.24) is 0 Å². The first kappa shape index (κ1) is 14.0. The Morgan fingerprint density at radius 3 is 2.52 bits per heavy atom. The summed E-state index contributed by atoms with van der Waals surface area (Å²) in [7, 11) is 0. The molecule has 4 aliphatic carbocycles. The first-order chi connectivity index (χ1) is 9.95. The molecule has 116 valence electrons. The molecule has 3 fully saturated rings. The van der Waals surface area contributed by atoms with Crippen LogP contribution in [0.3, 0.4) is 0 Å². The van der Waals surface area contributed by atoms with Crippen LogP contribution in [0.1, 0.15) is 65.2 Å². The van der Waals surface area contributed by atoms with E-state index in [2.05, 4.69) is 19.9 Å². The molecule has 0 bridgehead atoms. The summed E-state index contributed by atoms with van der Waals surface area (Å²) in [6.07, 6.45) is 10.7. The number of rotatable bonds is 0. The summed E-state index contributed by atoms with van der Waals surface area (Å²) < 4.78 is 0. The van der Waals surface area contributed by atoms with E-state index in [1.54, 1.807) is 0 Å². The number of fused-ring (bicyclic) bond motifs is 5. The highest BCUT2D eigenvalue weighted by molar-refractivity contribution is 5.87. The van der Waals surface area contributed by atoms with E-state index >= 15 is 0 Å². The van der Waals surface area contributed by atoms with Gasteiger partial charge in [0.15, 0.2) is 0 Å². The standard InChI is InChI=1S/C19H28O2/c1-18-9-7-13(20)11-12(18)3-4-14-15-5-6-17(21)19(15,2)10-8-16(14)18/h11,13-16,20H,3-10H2,1-2H3. The van der Waals surface area contributed by atoms with E-state index in [-0.39, 0.29) is 11.5 Å². The SMILES string of the molecule is CC12CCC3C(CCC4=CC(O)CCC43C)C1CCC2=O. The van der Waals surface area contributed by atoms with Gasteiger partial charge in [-0.25, -0.2) is 0 Å². The van der Waals surface area contributed by atoms with Gasteiger partial charge in [-0.1, -0.05) is 25.5 Å². The van der Waals surface area contributed by atoms with Gasteiger partial charge in [0.2, 0.25) is 0 Å². The van der Waals surface area contributed by atoms with Crippen molar-refractivity contribution in [3.05, 3.63) is 11.6 Å². The molecule has 0 saturated heterocycles. The van der Waals surface area contributed by atoms with E-state index in [4.69, 9.17) is 0 Å². The molecule has 6 unspecified atom stereocenters. The molecule has 0 amide bonds. The van der Waals surface area contributed by atoms with Crippen molar-refractivity contribution in [1.29, 1.82) is 0 Å². The number of carbonyl (C=O) groups excluding carboxylic acids is 1. The summed E-state index contributed by atoms with van der Waals surface area (Å²) in [5.74, 6) is 2.66. The summed E-state index contributed by atoms with van der Waals surface area (Å²) in [4.78, 5) is 12.4. The zero-order valence-corrected chi connectivity index (χ0v) is 13.4. The van der Waals surface area contributed by atoms with Crippen LogP contribution in [-0.4, -0.2) is 17.0 Å². The molecule has 0 aromatic heterocycles. The normalized spacial score (nSPS) is 52.7. The minimum Gasteiger partial charge on any atom is -0.389 e. The number of carbonyl (C=O) groups is 1. The molecule has 0 aliphatic heterocycles. The van der Waals surface area contributed by atoms with Crippen LogP contribution < -0.4 is 0 Å². The van der Waals surface area contributed by atoms with Crippen molar-refractivity contribution < 1.29 is 9.90 Å². The number of aliphatic hydroxyl groups is 1. The molecule has 2 heteroatoms. The minimum atomic E-state index is -0.216. The highest BCUT2D eigenvalue weighted by atomic mass is 16.3. The number of aliphatic hydroxyl groups excluding tert-OH is 1. The maximum Gasteiger partial charge on any atom is 0.139 e. The lowest BCUT2D eigenvalue weighted by molar-refractivity contribution is -0.132. The predicted molar refractivity (Wildman–Crippen MR) is 82.7 cm³/mol. The molecule has 1 N–H and O–H groups in total. The van der Waals surface area contributed by atoms with Crippen LogP contribution in [0, 0.1) is 28.6 Å². The van der Waals surface area contributed by atoms with Gasteiger partial charge in [0.05, 0.1) is 6.10 Å². The van der Waals surface area contributed by atoms with Crippen molar-refractivity contribution >= 4 is 5.78 Å². The van der Waals surface area contributed by atoms with Crippen LogP contribution >= 0.6 is 0 Å². The monoisotopic (exact) mass is 288 g/mol. The fourth-order valence-corrected chi connectivity index (χ4v) is 6.48. The lowest BCUT2D eigenvalue weighted by atomic mass is 9.47. The van der Waals surface area contributed by atoms with Crippen LogP contribution in [0.25, 0.3) is 0 Å². The van der Waals surface area contributed by atoms with E-state index < -0.39 is 0 Å². The lowest BCUT2D eigenvalue weighted by Crippen LogP contribution is -2.50. The Kier molecular flexibility index (Phi) is 2.96. The fourth-order valence-electron chi connectivity index (χ4n) is 6.48. The van der Waals surface area contributed by atoms with E-state index in [0.717, 1.165) is 50.4 Å². The van der Waals surface area contributed by atoms with Crippen LogP contribution in [-0.2, 0) is 4.79 Å². The highest BCUT2D eigenvalue weighted by Crippen LogP contribution is 2.64. The molecule has 0 radical (unpaired) electrons. The van der Waals surface area contributed by atoms with Gasteiger partial charge in [0.25, 0.3) is 0 Å². The van der Waals surface area contributed by atoms with E-state index in [0.29, 0.717) is 17.1 Å². The summed E-state index contributed by atoms with van der Waals surface area (Å²) in [5, 5.41) is 9.96. The zero-order valence-electron chi connectivity index (χ0n) is 13.4. The summed E-state index contributed by atoms with van der Waals surface area (Å²) in [5.41, 5.74) is 1.82. The third kappa shape index (κ3) is 1.78. The Morgan fingerprint density at radius 2 is 1.71 bits per heavy atom. The van der Waals surface area contributed by atoms with Crippen molar-refractivity contribution in [3.63, 3.8) is 0 Å². The molecule has 0 heterocycles. The van der Waals surface area contributed by atoms with Gasteiger partial charge in [-0.2, -0.15) is 0 Å². The number of allylic oxidation sites excluding steroid dienone is 1. The molecule has 0 aromatic rings. The van der Waals surface area contributed by atoms with Crippen LogP contribution in [0.5, 0.6) is 0 Å². The van der Waals surface area contributed by atoms with Crippen molar-refractivity contribution in [2.45, 2.75) is 71.3 Å². The molecule has 6 atom stereocenters. The van der Waals surface area contributed by atoms with Gasteiger partial charge in [0.1, 0.15) is 5.78 Å². The Labute approximate surface area is 128 Å². The quantitative estimate of drug-likeness (QED) is 0.687. The van der Waals surface area contributed by atoms with Gasteiger partial charge in [0, 0.05) is 11.8 Å². The second-order valence-corrected chi connectivity index (χ2v) is 8.55. The van der Waals surface area contributed by atoms with Gasteiger partial charge < -0.3 is 5.11 Å². The maximum atomic E-state index is 12.4. The van der Waals surface area contributed by atoms with Crippen molar-refractivity contribution in [3.8, 4) is 0 Å². The average Bonchev–Trinajstić information content (AvgIpc) is 2.76. The lowest BCUT2D eigenvalue weighted by Gasteiger charge is -2.57. The number of Topliss-reactive ketones (excluding diaryl/α,β-unsaturated/α-hetero) is 1. The third-order valence-electron chi connectivity index (χ3n) is 7.80. The van der Waals surface area contributed by atoms with Crippen LogP contribution in [0.2, 0.25) is 0 Å². The smallest absolute Gasteiger partial charge is 0.139 e. The Morgan fingerprint density at radius 1 is 1.00 bits per heavy atom. The summed E-state index contributed by atoms with van der Waals surface area (Å²) in [6, 6.07) is 0. The second kappa shape index (κ2) is 4.44. The molecule has 2 nitrogen and oxygen atoms in total. The van der Waals surface area contributed by atoms with Gasteiger partial charge in [-0.3, -0.25) is 4.79 Å². The van der Waals surface area contributed by atoms with E-state index in [1.807, 2.05) is 0 Å². The Bertz CT molecular complexity index is 508. The average molecular weight is 288 g/mol. The fraction of sp³-hybridized carbons (Fsp3) is 0.842.